The molecule has 5 heteroatoms. The van der Waals surface area contributed by atoms with Crippen molar-refractivity contribution in [2.45, 2.75) is 56.8 Å². The molecule has 4 rings (SSSR count). The van der Waals surface area contributed by atoms with E-state index in [-0.39, 0.29) is 17.8 Å². The molecule has 0 radical (unpaired) electrons. The zero-order chi connectivity index (χ0) is 17.9. The molecule has 0 aliphatic carbocycles. The van der Waals surface area contributed by atoms with Gasteiger partial charge in [-0.15, -0.1) is 0 Å². The van der Waals surface area contributed by atoms with Crippen LogP contribution in [0.2, 0.25) is 0 Å². The molecule has 2 saturated heterocycles. The van der Waals surface area contributed by atoms with Crippen LogP contribution in [0.3, 0.4) is 0 Å². The van der Waals surface area contributed by atoms with Crippen LogP contribution in [0, 0.1) is 5.82 Å². The van der Waals surface area contributed by atoms with Crippen LogP contribution in [0.25, 0.3) is 0 Å². The number of fused-ring (bicyclic) bond motifs is 2. The van der Waals surface area contributed by atoms with E-state index in [1.165, 1.54) is 31.4 Å². The summed E-state index contributed by atoms with van der Waals surface area (Å²) in [7, 11) is 0. The molecule has 136 valence electrons. The van der Waals surface area contributed by atoms with E-state index in [0.29, 0.717) is 17.6 Å². The summed E-state index contributed by atoms with van der Waals surface area (Å²) in [4.78, 5) is 19.0. The molecule has 26 heavy (non-hydrogen) atoms. The maximum Gasteiger partial charge on any atom is 0.251 e. The summed E-state index contributed by atoms with van der Waals surface area (Å²) in [6, 6.07) is 11.5. The largest absolute Gasteiger partial charge is 0.349 e. The number of carbonyl (C=O) groups excluding carboxylic acids is 1. The number of halogens is 1. The van der Waals surface area contributed by atoms with Crippen molar-refractivity contribution >= 4 is 5.91 Å². The van der Waals surface area contributed by atoms with E-state index in [1.807, 2.05) is 12.1 Å². The molecule has 4 nitrogen and oxygen atoms in total. The zero-order valence-electron chi connectivity index (χ0n) is 14.8. The number of amides is 1. The Bertz CT molecular complexity index is 736. The predicted octanol–water partition coefficient (Wildman–Crippen LogP) is 3.54. The summed E-state index contributed by atoms with van der Waals surface area (Å²) < 4.78 is 13.2. The molecule has 2 aliphatic rings. The highest BCUT2D eigenvalue weighted by Gasteiger charge is 2.38. The summed E-state index contributed by atoms with van der Waals surface area (Å²) in [6.45, 7) is 0.862. The number of hydrogen-bond acceptors (Lipinski definition) is 3. The number of rotatable bonds is 4. The van der Waals surface area contributed by atoms with Crippen LogP contribution in [0.1, 0.15) is 48.0 Å². The van der Waals surface area contributed by atoms with Crippen molar-refractivity contribution in [3.63, 3.8) is 0 Å². The Morgan fingerprint density at radius 3 is 2.38 bits per heavy atom. The highest BCUT2D eigenvalue weighted by Crippen LogP contribution is 2.35. The van der Waals surface area contributed by atoms with Gasteiger partial charge in [0.2, 0.25) is 0 Å². The van der Waals surface area contributed by atoms with Gasteiger partial charge in [-0.1, -0.05) is 18.6 Å². The standard InChI is InChI=1S/C21H24FN3O/c22-17-6-4-15(5-7-17)14-25-19-2-1-3-20(25)13-18(12-19)24-21(26)16-8-10-23-11-9-16/h4-11,18-20H,1-3,12-14H2,(H,24,26)/t18?,19-,20+. The molecule has 2 aromatic rings. The Kier molecular flexibility index (Phi) is 4.98. The van der Waals surface area contributed by atoms with Crippen LogP contribution in [-0.2, 0) is 6.54 Å². The number of nitrogens with one attached hydrogen (secondary N) is 1. The Morgan fingerprint density at radius 1 is 1.08 bits per heavy atom. The van der Waals surface area contributed by atoms with Crippen LogP contribution in [0.4, 0.5) is 4.39 Å². The molecule has 0 spiro atoms. The van der Waals surface area contributed by atoms with E-state index in [1.54, 1.807) is 24.5 Å². The van der Waals surface area contributed by atoms with Crippen molar-refractivity contribution in [2.24, 2.45) is 0 Å². The van der Waals surface area contributed by atoms with Crippen molar-refractivity contribution in [2.75, 3.05) is 0 Å². The lowest BCUT2D eigenvalue weighted by Gasteiger charge is -2.49. The van der Waals surface area contributed by atoms with Gasteiger partial charge in [-0.05, 0) is 55.5 Å². The fourth-order valence-electron chi connectivity index (χ4n) is 4.43. The molecule has 1 aromatic heterocycles. The average Bonchev–Trinajstić information content (AvgIpc) is 2.65. The third-order valence-electron chi connectivity index (χ3n) is 5.68. The molecule has 1 amide bonds. The van der Waals surface area contributed by atoms with Gasteiger partial charge in [-0.25, -0.2) is 4.39 Å². The van der Waals surface area contributed by atoms with Crippen molar-refractivity contribution in [3.8, 4) is 0 Å². The van der Waals surface area contributed by atoms with E-state index in [9.17, 15) is 9.18 Å². The zero-order valence-corrected chi connectivity index (χ0v) is 14.8. The van der Waals surface area contributed by atoms with Crippen LogP contribution in [0.15, 0.2) is 48.8 Å². The molecule has 1 N–H and O–H groups in total. The first kappa shape index (κ1) is 17.2. The van der Waals surface area contributed by atoms with Gasteiger partial charge >= 0.3 is 0 Å². The van der Waals surface area contributed by atoms with Crippen molar-refractivity contribution in [1.29, 1.82) is 0 Å². The lowest BCUT2D eigenvalue weighted by molar-refractivity contribution is 0.0177. The summed E-state index contributed by atoms with van der Waals surface area (Å²) >= 11 is 0. The molecule has 1 aromatic carbocycles. The highest BCUT2D eigenvalue weighted by molar-refractivity contribution is 5.94. The average molecular weight is 353 g/mol. The van der Waals surface area contributed by atoms with Gasteiger partial charge in [0.05, 0.1) is 0 Å². The van der Waals surface area contributed by atoms with Crippen LogP contribution in [-0.4, -0.2) is 33.9 Å². The van der Waals surface area contributed by atoms with Gasteiger partial charge in [0.1, 0.15) is 5.82 Å². The lowest BCUT2D eigenvalue weighted by atomic mass is 9.81. The third kappa shape index (κ3) is 3.78. The number of carbonyl (C=O) groups is 1. The fourth-order valence-corrected chi connectivity index (χ4v) is 4.43. The Balaban J connectivity index is 1.41. The molecule has 2 bridgehead atoms. The molecular weight excluding hydrogens is 329 g/mol. The first-order chi connectivity index (χ1) is 12.7. The minimum atomic E-state index is -0.188. The maximum absolute atomic E-state index is 13.2. The second kappa shape index (κ2) is 7.54. The topological polar surface area (TPSA) is 45.2 Å². The molecule has 1 unspecified atom stereocenters. The van der Waals surface area contributed by atoms with E-state index in [4.69, 9.17) is 0 Å². The Hall–Kier alpha value is -2.27. The molecule has 0 saturated carbocycles. The van der Waals surface area contributed by atoms with Gasteiger partial charge in [-0.3, -0.25) is 14.7 Å². The Labute approximate surface area is 153 Å². The van der Waals surface area contributed by atoms with E-state index < -0.39 is 0 Å². The Morgan fingerprint density at radius 2 is 1.73 bits per heavy atom. The predicted molar refractivity (Wildman–Crippen MR) is 98.1 cm³/mol. The van der Waals surface area contributed by atoms with Gasteiger partial charge in [0.25, 0.3) is 5.91 Å². The molecule has 2 aliphatic heterocycles. The minimum absolute atomic E-state index is 0.0116. The number of hydrogen-bond donors (Lipinski definition) is 1. The second-order valence-electron chi connectivity index (χ2n) is 7.42. The molecule has 2 fully saturated rings. The fraction of sp³-hybridized carbons (Fsp3) is 0.429. The van der Waals surface area contributed by atoms with Crippen molar-refractivity contribution < 1.29 is 9.18 Å². The van der Waals surface area contributed by atoms with Crippen LogP contribution < -0.4 is 5.32 Å². The summed E-state index contributed by atoms with van der Waals surface area (Å²) in [6.07, 6.45) is 8.84. The summed E-state index contributed by atoms with van der Waals surface area (Å²) in [5, 5.41) is 3.21. The van der Waals surface area contributed by atoms with E-state index in [0.717, 1.165) is 24.9 Å². The van der Waals surface area contributed by atoms with Gasteiger partial charge < -0.3 is 5.32 Å². The van der Waals surface area contributed by atoms with Crippen molar-refractivity contribution in [3.05, 3.63) is 65.7 Å². The molecule has 3 atom stereocenters. The number of aromatic nitrogens is 1. The molecular formula is C21H24FN3O. The maximum atomic E-state index is 13.2. The van der Waals surface area contributed by atoms with Crippen LogP contribution in [0.5, 0.6) is 0 Å². The normalized spacial score (nSPS) is 25.7. The number of pyridine rings is 1. The van der Waals surface area contributed by atoms with Crippen LogP contribution >= 0.6 is 0 Å². The quantitative estimate of drug-likeness (QED) is 0.914. The van der Waals surface area contributed by atoms with Gasteiger partial charge in [0, 0.05) is 42.6 Å². The monoisotopic (exact) mass is 353 g/mol. The van der Waals surface area contributed by atoms with E-state index in [2.05, 4.69) is 15.2 Å². The summed E-state index contributed by atoms with van der Waals surface area (Å²) in [5.74, 6) is -0.200. The number of piperidine rings is 2. The second-order valence-corrected chi connectivity index (χ2v) is 7.42. The summed E-state index contributed by atoms with van der Waals surface area (Å²) in [5.41, 5.74) is 1.82. The first-order valence-corrected chi connectivity index (χ1v) is 9.40. The van der Waals surface area contributed by atoms with Gasteiger partial charge in [0.15, 0.2) is 0 Å². The van der Waals surface area contributed by atoms with Crippen molar-refractivity contribution in [1.82, 2.24) is 15.2 Å². The molecule has 3 heterocycles. The number of benzene rings is 1. The third-order valence-corrected chi connectivity index (χ3v) is 5.68. The highest BCUT2D eigenvalue weighted by atomic mass is 19.1. The minimum Gasteiger partial charge on any atom is -0.349 e. The SMILES string of the molecule is O=C(NC1C[C@H]2CCC[C@@H](C1)N2Cc1ccc(F)cc1)c1ccncc1. The van der Waals surface area contributed by atoms with Gasteiger partial charge in [-0.2, -0.15) is 0 Å². The number of nitrogens with zero attached hydrogens (tertiary/aromatic N) is 2. The smallest absolute Gasteiger partial charge is 0.251 e. The first-order valence-electron chi connectivity index (χ1n) is 9.40. The lowest BCUT2D eigenvalue weighted by Crippen LogP contribution is -2.56. The van der Waals surface area contributed by atoms with E-state index >= 15 is 0 Å².